The molecule has 138 valence electrons. The normalized spacial score (nSPS) is 11.8. The molecule has 0 bridgehead atoms. The standard InChI is InChI=1S/C21H26N2O3/c1-13(2)19-10-9-18(11-14(19)3)26-15(4)20(24)23-17-8-6-7-16(12-17)21(25)22-5/h6-13,15H,1-5H3,(H,22,25)(H,23,24). The van der Waals surface area contributed by atoms with E-state index in [1.807, 2.05) is 25.1 Å². The number of amides is 2. The maximum absolute atomic E-state index is 12.4. The van der Waals surface area contributed by atoms with Crippen LogP contribution in [-0.2, 0) is 4.79 Å². The molecule has 26 heavy (non-hydrogen) atoms. The van der Waals surface area contributed by atoms with Crippen LogP contribution in [0.4, 0.5) is 5.69 Å². The molecule has 2 rings (SSSR count). The van der Waals surface area contributed by atoms with Crippen LogP contribution in [0.25, 0.3) is 0 Å². The van der Waals surface area contributed by atoms with E-state index in [-0.39, 0.29) is 11.8 Å². The lowest BCUT2D eigenvalue weighted by atomic mass is 9.98. The highest BCUT2D eigenvalue weighted by Crippen LogP contribution is 2.24. The molecule has 5 heteroatoms. The van der Waals surface area contributed by atoms with Crippen molar-refractivity contribution in [2.24, 2.45) is 0 Å². The number of nitrogens with one attached hydrogen (secondary N) is 2. The van der Waals surface area contributed by atoms with Crippen LogP contribution in [0, 0.1) is 6.92 Å². The Balaban J connectivity index is 2.04. The van der Waals surface area contributed by atoms with Gasteiger partial charge in [-0.25, -0.2) is 0 Å². The first-order valence-electron chi connectivity index (χ1n) is 8.72. The van der Waals surface area contributed by atoms with Gasteiger partial charge in [-0.1, -0.05) is 26.0 Å². The van der Waals surface area contributed by atoms with Crippen LogP contribution in [0.15, 0.2) is 42.5 Å². The maximum Gasteiger partial charge on any atom is 0.265 e. The summed E-state index contributed by atoms with van der Waals surface area (Å²) < 4.78 is 5.77. The smallest absolute Gasteiger partial charge is 0.265 e. The van der Waals surface area contributed by atoms with Gasteiger partial charge in [-0.3, -0.25) is 9.59 Å². The molecule has 0 saturated carbocycles. The first-order chi connectivity index (χ1) is 12.3. The predicted molar refractivity (Wildman–Crippen MR) is 104 cm³/mol. The fourth-order valence-electron chi connectivity index (χ4n) is 2.75. The molecule has 1 unspecified atom stereocenters. The minimum Gasteiger partial charge on any atom is -0.481 e. The van der Waals surface area contributed by atoms with Gasteiger partial charge in [-0.15, -0.1) is 0 Å². The molecule has 2 amide bonds. The monoisotopic (exact) mass is 354 g/mol. The van der Waals surface area contributed by atoms with Gasteiger partial charge in [0.1, 0.15) is 5.75 Å². The molecule has 2 aromatic rings. The number of aryl methyl sites for hydroxylation is 1. The zero-order valence-corrected chi connectivity index (χ0v) is 15.9. The summed E-state index contributed by atoms with van der Waals surface area (Å²) in [6.07, 6.45) is -0.664. The molecular formula is C21H26N2O3. The molecule has 0 heterocycles. The van der Waals surface area contributed by atoms with Crippen molar-refractivity contribution in [3.8, 4) is 5.75 Å². The van der Waals surface area contributed by atoms with Gasteiger partial charge in [0, 0.05) is 18.3 Å². The largest absolute Gasteiger partial charge is 0.481 e. The summed E-state index contributed by atoms with van der Waals surface area (Å²) in [5.74, 6) is 0.627. The van der Waals surface area contributed by atoms with Gasteiger partial charge in [0.25, 0.3) is 11.8 Å². The van der Waals surface area contributed by atoms with Crippen molar-refractivity contribution < 1.29 is 14.3 Å². The van der Waals surface area contributed by atoms with Gasteiger partial charge < -0.3 is 15.4 Å². The van der Waals surface area contributed by atoms with Crippen molar-refractivity contribution in [3.05, 3.63) is 59.2 Å². The van der Waals surface area contributed by atoms with Gasteiger partial charge in [-0.2, -0.15) is 0 Å². The van der Waals surface area contributed by atoms with Crippen molar-refractivity contribution in [1.82, 2.24) is 5.32 Å². The van der Waals surface area contributed by atoms with Gasteiger partial charge in [0.2, 0.25) is 0 Å². The van der Waals surface area contributed by atoms with Crippen LogP contribution < -0.4 is 15.4 Å². The zero-order chi connectivity index (χ0) is 19.3. The van der Waals surface area contributed by atoms with Crippen LogP contribution >= 0.6 is 0 Å². The molecule has 2 aromatic carbocycles. The second-order valence-corrected chi connectivity index (χ2v) is 6.58. The Morgan fingerprint density at radius 1 is 1.04 bits per heavy atom. The van der Waals surface area contributed by atoms with Gasteiger partial charge in [0.05, 0.1) is 0 Å². The summed E-state index contributed by atoms with van der Waals surface area (Å²) in [5, 5.41) is 5.34. The Labute approximate surface area is 154 Å². The molecular weight excluding hydrogens is 328 g/mol. The molecule has 0 spiro atoms. The van der Waals surface area contributed by atoms with Crippen molar-refractivity contribution in [2.45, 2.75) is 39.7 Å². The highest BCUT2D eigenvalue weighted by Gasteiger charge is 2.16. The number of rotatable bonds is 6. The quantitative estimate of drug-likeness (QED) is 0.827. The first kappa shape index (κ1) is 19.5. The molecule has 5 nitrogen and oxygen atoms in total. The van der Waals surface area contributed by atoms with Crippen molar-refractivity contribution in [3.63, 3.8) is 0 Å². The summed E-state index contributed by atoms with van der Waals surface area (Å²) in [6, 6.07) is 12.6. The lowest BCUT2D eigenvalue weighted by molar-refractivity contribution is -0.122. The molecule has 0 aromatic heterocycles. The van der Waals surface area contributed by atoms with E-state index in [1.54, 1.807) is 38.2 Å². The van der Waals surface area contributed by atoms with E-state index in [0.29, 0.717) is 22.9 Å². The molecule has 0 saturated heterocycles. The molecule has 0 aliphatic carbocycles. The summed E-state index contributed by atoms with van der Waals surface area (Å²) in [5.41, 5.74) is 3.44. The van der Waals surface area contributed by atoms with Crippen LogP contribution in [0.2, 0.25) is 0 Å². The summed E-state index contributed by atoms with van der Waals surface area (Å²) in [6.45, 7) is 8.03. The number of hydrogen-bond acceptors (Lipinski definition) is 3. The number of ether oxygens (including phenoxy) is 1. The average molecular weight is 354 g/mol. The van der Waals surface area contributed by atoms with E-state index in [2.05, 4.69) is 24.5 Å². The van der Waals surface area contributed by atoms with Crippen LogP contribution in [-0.4, -0.2) is 25.0 Å². The fourth-order valence-corrected chi connectivity index (χ4v) is 2.75. The Morgan fingerprint density at radius 3 is 2.38 bits per heavy atom. The third kappa shape index (κ3) is 4.85. The fraction of sp³-hybridized carbons (Fsp3) is 0.333. The van der Waals surface area contributed by atoms with Gasteiger partial charge in [-0.05, 0) is 61.2 Å². The maximum atomic E-state index is 12.4. The molecule has 0 aliphatic rings. The van der Waals surface area contributed by atoms with Crippen LogP contribution in [0.3, 0.4) is 0 Å². The summed E-state index contributed by atoms with van der Waals surface area (Å²) in [7, 11) is 1.57. The van der Waals surface area contributed by atoms with E-state index < -0.39 is 6.10 Å². The molecule has 0 radical (unpaired) electrons. The van der Waals surface area contributed by atoms with Crippen molar-refractivity contribution in [1.29, 1.82) is 0 Å². The second-order valence-electron chi connectivity index (χ2n) is 6.58. The van der Waals surface area contributed by atoms with E-state index in [0.717, 1.165) is 5.56 Å². The molecule has 1 atom stereocenters. The van der Waals surface area contributed by atoms with Gasteiger partial charge in [0.15, 0.2) is 6.10 Å². The highest BCUT2D eigenvalue weighted by atomic mass is 16.5. The van der Waals surface area contributed by atoms with Crippen molar-refractivity contribution >= 4 is 17.5 Å². The van der Waals surface area contributed by atoms with Crippen molar-refractivity contribution in [2.75, 3.05) is 12.4 Å². The highest BCUT2D eigenvalue weighted by molar-refractivity contribution is 5.98. The predicted octanol–water partition coefficient (Wildman–Crippen LogP) is 3.88. The molecule has 0 fully saturated rings. The number of anilines is 1. The Kier molecular flexibility index (Phi) is 6.39. The number of carbonyl (C=O) groups excluding carboxylic acids is 2. The average Bonchev–Trinajstić information content (AvgIpc) is 2.60. The van der Waals surface area contributed by atoms with E-state index in [9.17, 15) is 9.59 Å². The number of hydrogen-bond donors (Lipinski definition) is 2. The van der Waals surface area contributed by atoms with Gasteiger partial charge >= 0.3 is 0 Å². The lowest BCUT2D eigenvalue weighted by Gasteiger charge is -2.17. The molecule has 2 N–H and O–H groups in total. The SMILES string of the molecule is CNC(=O)c1cccc(NC(=O)C(C)Oc2ccc(C(C)C)c(C)c2)c1. The van der Waals surface area contributed by atoms with E-state index in [4.69, 9.17) is 4.74 Å². The minimum atomic E-state index is -0.664. The number of carbonyl (C=O) groups is 2. The molecule has 0 aliphatic heterocycles. The van der Waals surface area contributed by atoms with E-state index in [1.165, 1.54) is 5.56 Å². The van der Waals surface area contributed by atoms with Crippen LogP contribution in [0.5, 0.6) is 5.75 Å². The van der Waals surface area contributed by atoms with E-state index >= 15 is 0 Å². The minimum absolute atomic E-state index is 0.203. The summed E-state index contributed by atoms with van der Waals surface area (Å²) >= 11 is 0. The third-order valence-corrected chi connectivity index (χ3v) is 4.16. The van der Waals surface area contributed by atoms with Crippen LogP contribution in [0.1, 0.15) is 48.2 Å². The third-order valence-electron chi connectivity index (χ3n) is 4.16. The Hall–Kier alpha value is -2.82. The Bertz CT molecular complexity index is 800. The first-order valence-corrected chi connectivity index (χ1v) is 8.72. The second kappa shape index (κ2) is 8.52. The lowest BCUT2D eigenvalue weighted by Crippen LogP contribution is -2.30. The Morgan fingerprint density at radius 2 is 1.77 bits per heavy atom. The summed E-state index contributed by atoms with van der Waals surface area (Å²) in [4.78, 5) is 24.1. The number of benzene rings is 2. The zero-order valence-electron chi connectivity index (χ0n) is 15.9. The topological polar surface area (TPSA) is 67.4 Å².